The van der Waals surface area contributed by atoms with E-state index in [-0.39, 0.29) is 25.7 Å². The number of phosphoric acid groups is 2. The molecule has 5 unspecified atom stereocenters. The SMILES string of the molecule is CC/C=C\C/C=C\C/C=C\C/C=C\CCCCCCCCC(=O)OCC(COP(=O)(O)OCC(O)COP(=O)(O)OCC(COC(=O)CCCCCCCCC/C=C\C/C=C\C/C=C\CC)OC(=O)CCCCCCC/C=C\C/C=C\CCC)OC(=O)CCCCCCC/C=C\C/C=C\CCCCC. The molecule has 3 N–H and O–H groups in total. The molecular weight excluding hydrogens is 1350 g/mol. The normalized spacial score (nSPS) is 14.6. The summed E-state index contributed by atoms with van der Waals surface area (Å²) >= 11 is 0. The van der Waals surface area contributed by atoms with Crippen LogP contribution in [0.3, 0.4) is 0 Å². The number of rotatable bonds is 75. The number of hydrogen-bond acceptors (Lipinski definition) is 15. The molecule has 0 aliphatic carbocycles. The molecule has 0 spiro atoms. The number of unbranched alkanes of at least 4 members (excludes halogenated alkanes) is 27. The summed E-state index contributed by atoms with van der Waals surface area (Å²) in [5, 5.41) is 10.6. The van der Waals surface area contributed by atoms with E-state index in [4.69, 9.17) is 37.0 Å². The molecule has 19 heteroatoms. The van der Waals surface area contributed by atoms with Crippen molar-refractivity contribution in [1.29, 1.82) is 0 Å². The number of hydrogen-bond donors (Lipinski definition) is 3. The van der Waals surface area contributed by atoms with E-state index in [2.05, 4.69) is 161 Å². The molecule has 0 aromatic rings. The molecule has 0 aliphatic rings. The summed E-state index contributed by atoms with van der Waals surface area (Å²) in [6.07, 6.45) is 85.6. The maximum atomic E-state index is 13.1. The van der Waals surface area contributed by atoms with Crippen molar-refractivity contribution in [2.45, 2.75) is 341 Å². The van der Waals surface area contributed by atoms with Gasteiger partial charge in [-0.1, -0.05) is 277 Å². The molecule has 0 aromatic carbocycles. The first-order chi connectivity index (χ1) is 50.7. The third-order valence-electron chi connectivity index (χ3n) is 16.6. The summed E-state index contributed by atoms with van der Waals surface area (Å²) in [5.74, 6) is -2.23. The first-order valence-electron chi connectivity index (χ1n) is 40.4. The number of ether oxygens (including phenoxy) is 4. The minimum absolute atomic E-state index is 0.0726. The zero-order valence-electron chi connectivity index (χ0n) is 65.2. The highest BCUT2D eigenvalue weighted by atomic mass is 31.2. The van der Waals surface area contributed by atoms with Gasteiger partial charge in [0, 0.05) is 25.7 Å². The lowest BCUT2D eigenvalue weighted by atomic mass is 10.1. The average molecular weight is 1500 g/mol. The van der Waals surface area contributed by atoms with Crippen LogP contribution in [0, 0.1) is 0 Å². The molecule has 0 heterocycles. The second kappa shape index (κ2) is 76.4. The van der Waals surface area contributed by atoms with Crippen molar-refractivity contribution < 1.29 is 80.2 Å². The fraction of sp³-hybridized carbons (Fsp3) is 0.694. The number of carbonyl (C=O) groups is 4. The Morgan fingerprint density at radius 2 is 0.519 bits per heavy atom. The van der Waals surface area contributed by atoms with Crippen LogP contribution >= 0.6 is 15.6 Å². The maximum Gasteiger partial charge on any atom is 0.472 e. The molecule has 0 amide bonds. The summed E-state index contributed by atoms with van der Waals surface area (Å²) in [6.45, 7) is 4.52. The summed E-state index contributed by atoms with van der Waals surface area (Å²) in [6, 6.07) is 0. The lowest BCUT2D eigenvalue weighted by molar-refractivity contribution is -0.161. The molecule has 104 heavy (non-hydrogen) atoms. The number of carbonyl (C=O) groups excluding carboxylic acids is 4. The van der Waals surface area contributed by atoms with Crippen molar-refractivity contribution in [3.63, 3.8) is 0 Å². The maximum absolute atomic E-state index is 13.1. The second-order valence-corrected chi connectivity index (χ2v) is 29.5. The quantitative estimate of drug-likeness (QED) is 0.0169. The van der Waals surface area contributed by atoms with Gasteiger partial charge in [-0.2, -0.15) is 0 Å². The molecule has 0 rings (SSSR count). The van der Waals surface area contributed by atoms with Crippen LogP contribution in [0.25, 0.3) is 0 Å². The van der Waals surface area contributed by atoms with Gasteiger partial charge in [-0.05, 0) is 154 Å². The highest BCUT2D eigenvalue weighted by Crippen LogP contribution is 2.45. The molecular formula is C85H144O17P2. The van der Waals surface area contributed by atoms with Crippen molar-refractivity contribution in [3.05, 3.63) is 134 Å². The minimum Gasteiger partial charge on any atom is -0.462 e. The van der Waals surface area contributed by atoms with Crippen LogP contribution in [-0.2, 0) is 65.4 Å². The Kier molecular flexibility index (Phi) is 72.9. The topological polar surface area (TPSA) is 237 Å². The smallest absolute Gasteiger partial charge is 0.462 e. The zero-order valence-corrected chi connectivity index (χ0v) is 66.9. The van der Waals surface area contributed by atoms with E-state index < -0.39 is 97.5 Å². The third-order valence-corrected chi connectivity index (χ3v) is 18.5. The van der Waals surface area contributed by atoms with E-state index in [0.29, 0.717) is 25.7 Å². The average Bonchev–Trinajstić information content (AvgIpc) is 0.911. The standard InChI is InChI=1S/C85H144O17P2/c1-5-9-13-17-21-25-29-33-36-38-39-41-44-47-50-54-58-62-66-70-83(88)96-76-81(102-85(90)72-68-64-60-56-52-48-42-35-31-27-23-19-15-11-7-3)78-100-104(93,94)98-74-79(86)73-97-103(91,92)99-77-80(101-84(89)71-67-63-59-55-51-45-32-28-24-20-16-12-8-4)75-95-82(87)69-65-61-57-53-49-46-43-40-37-34-30-26-22-18-14-10-6-2/h9-10,13-14,16,20-23,25-28,32-37,39,41-42,79-81,86H,5-8,11-12,15,17-19,24,29-31,38,40,43-78H2,1-4H3,(H,91,92)(H,93,94)/b13-9-,14-10-,20-16-,25-21-,26-22-,27-23-,32-28-,36-33-,37-34-,41-39-,42-35-. The molecule has 0 aromatic heterocycles. The van der Waals surface area contributed by atoms with Gasteiger partial charge in [-0.3, -0.25) is 37.3 Å². The number of allylic oxidation sites excluding steroid dienone is 22. The first-order valence-corrected chi connectivity index (χ1v) is 43.4. The van der Waals surface area contributed by atoms with E-state index in [1.165, 1.54) is 19.3 Å². The Balaban J connectivity index is 5.38. The fourth-order valence-corrected chi connectivity index (χ4v) is 12.0. The van der Waals surface area contributed by atoms with Crippen molar-refractivity contribution >= 4 is 39.5 Å². The van der Waals surface area contributed by atoms with E-state index in [1.54, 1.807) is 0 Å². The summed E-state index contributed by atoms with van der Waals surface area (Å²) < 4.78 is 68.6. The van der Waals surface area contributed by atoms with E-state index in [1.807, 2.05) is 0 Å². The predicted molar refractivity (Wildman–Crippen MR) is 427 cm³/mol. The van der Waals surface area contributed by atoms with Gasteiger partial charge in [0.05, 0.1) is 26.4 Å². The molecule has 17 nitrogen and oxygen atoms in total. The minimum atomic E-state index is -4.99. The molecule has 0 saturated carbocycles. The highest BCUT2D eigenvalue weighted by molar-refractivity contribution is 7.47. The number of phosphoric ester groups is 2. The summed E-state index contributed by atoms with van der Waals surface area (Å²) in [5.41, 5.74) is 0. The van der Waals surface area contributed by atoms with E-state index in [9.17, 15) is 43.2 Å². The lowest BCUT2D eigenvalue weighted by Crippen LogP contribution is -2.30. The molecule has 0 aliphatic heterocycles. The predicted octanol–water partition coefficient (Wildman–Crippen LogP) is 23.7. The zero-order chi connectivity index (χ0) is 76.0. The molecule has 0 bridgehead atoms. The summed E-state index contributed by atoms with van der Waals surface area (Å²) in [4.78, 5) is 73.1. The Labute approximate surface area is 631 Å². The monoisotopic (exact) mass is 1500 g/mol. The van der Waals surface area contributed by atoms with Gasteiger partial charge >= 0.3 is 39.5 Å². The summed E-state index contributed by atoms with van der Waals surface area (Å²) in [7, 11) is -9.98. The van der Waals surface area contributed by atoms with Crippen LogP contribution in [0.4, 0.5) is 0 Å². The van der Waals surface area contributed by atoms with Crippen LogP contribution in [0.1, 0.15) is 323 Å². The fourth-order valence-electron chi connectivity index (χ4n) is 10.5. The number of esters is 4. The number of aliphatic hydroxyl groups is 1. The van der Waals surface area contributed by atoms with Gasteiger partial charge in [0.2, 0.25) is 0 Å². The molecule has 0 fully saturated rings. The van der Waals surface area contributed by atoms with Crippen molar-refractivity contribution in [3.8, 4) is 0 Å². The van der Waals surface area contributed by atoms with Crippen molar-refractivity contribution in [1.82, 2.24) is 0 Å². The Bertz CT molecular complexity index is 2490. The Hall–Kier alpha value is -4.80. The first kappa shape index (κ1) is 99.2. The largest absolute Gasteiger partial charge is 0.472 e. The third kappa shape index (κ3) is 75.4. The van der Waals surface area contributed by atoms with Crippen LogP contribution in [0.5, 0.6) is 0 Å². The van der Waals surface area contributed by atoms with Gasteiger partial charge in [0.1, 0.15) is 19.3 Å². The van der Waals surface area contributed by atoms with E-state index >= 15 is 0 Å². The van der Waals surface area contributed by atoms with Crippen molar-refractivity contribution in [2.24, 2.45) is 0 Å². The van der Waals surface area contributed by atoms with Gasteiger partial charge in [-0.15, -0.1) is 0 Å². The number of aliphatic hydroxyl groups excluding tert-OH is 1. The Morgan fingerprint density at radius 3 is 0.808 bits per heavy atom. The Morgan fingerprint density at radius 1 is 0.279 bits per heavy atom. The van der Waals surface area contributed by atoms with Gasteiger partial charge in [-0.25, -0.2) is 9.13 Å². The van der Waals surface area contributed by atoms with Crippen LogP contribution in [0.2, 0.25) is 0 Å². The molecule has 596 valence electrons. The van der Waals surface area contributed by atoms with Crippen molar-refractivity contribution in [2.75, 3.05) is 39.6 Å². The van der Waals surface area contributed by atoms with Gasteiger partial charge in [0.25, 0.3) is 0 Å². The van der Waals surface area contributed by atoms with Crippen LogP contribution in [-0.4, -0.2) is 96.7 Å². The van der Waals surface area contributed by atoms with Crippen LogP contribution < -0.4 is 0 Å². The molecule has 0 saturated heterocycles. The van der Waals surface area contributed by atoms with Crippen LogP contribution in [0.15, 0.2) is 134 Å². The lowest BCUT2D eigenvalue weighted by Gasteiger charge is -2.21. The molecule has 0 radical (unpaired) electrons. The van der Waals surface area contributed by atoms with Gasteiger partial charge in [0.15, 0.2) is 12.2 Å². The highest BCUT2D eigenvalue weighted by Gasteiger charge is 2.30. The van der Waals surface area contributed by atoms with Gasteiger partial charge < -0.3 is 33.8 Å². The van der Waals surface area contributed by atoms with E-state index in [0.717, 1.165) is 225 Å². The second-order valence-electron chi connectivity index (χ2n) is 26.6. The molecule has 5 atom stereocenters.